The van der Waals surface area contributed by atoms with Gasteiger partial charge in [0.25, 0.3) is 0 Å². The van der Waals surface area contributed by atoms with Crippen LogP contribution in [0.5, 0.6) is 0 Å². The normalized spacial score (nSPS) is 19.0. The van der Waals surface area contributed by atoms with Crippen LogP contribution in [0.1, 0.15) is 30.7 Å². The first kappa shape index (κ1) is 16.5. The number of hydrogen-bond donors (Lipinski definition) is 1. The molecule has 1 aliphatic heterocycles. The van der Waals surface area contributed by atoms with E-state index in [1.807, 2.05) is 4.90 Å². The highest BCUT2D eigenvalue weighted by Crippen LogP contribution is 2.19. The van der Waals surface area contributed by atoms with Crippen molar-refractivity contribution in [3.05, 3.63) is 21.9 Å². The summed E-state index contributed by atoms with van der Waals surface area (Å²) in [5.74, 6) is 0.671. The molecular formula is C16H26N2O2S. The third-order valence-corrected chi connectivity index (χ3v) is 4.66. The minimum absolute atomic E-state index is 0.0188. The van der Waals surface area contributed by atoms with E-state index < -0.39 is 0 Å². The molecule has 1 N–H and O–H groups in total. The number of ether oxygens (including phenoxy) is 1. The largest absolute Gasteiger partial charge is 0.375 e. The predicted octanol–water partition coefficient (Wildman–Crippen LogP) is 2.42. The summed E-state index contributed by atoms with van der Waals surface area (Å²) >= 11 is 1.73. The Labute approximate surface area is 131 Å². The number of nitrogens with one attached hydrogen (secondary N) is 1. The fourth-order valence-corrected chi connectivity index (χ4v) is 3.43. The average molecular weight is 310 g/mol. The quantitative estimate of drug-likeness (QED) is 0.877. The van der Waals surface area contributed by atoms with E-state index in [4.69, 9.17) is 4.74 Å². The van der Waals surface area contributed by atoms with Gasteiger partial charge < -0.3 is 15.0 Å². The molecule has 118 valence electrons. The van der Waals surface area contributed by atoms with Gasteiger partial charge >= 0.3 is 0 Å². The van der Waals surface area contributed by atoms with Crippen molar-refractivity contribution in [2.45, 2.75) is 39.8 Å². The van der Waals surface area contributed by atoms with Crippen molar-refractivity contribution in [2.75, 3.05) is 26.2 Å². The van der Waals surface area contributed by atoms with Crippen LogP contribution in [0.2, 0.25) is 0 Å². The first-order valence-electron chi connectivity index (χ1n) is 7.69. The number of carbonyl (C=O) groups excluding carboxylic acids is 1. The SMILES string of the molecule is Cc1ccsc1CN(CC(C)C)C(=O)C[C@@H]1CNCCO1. The molecule has 1 aromatic heterocycles. The summed E-state index contributed by atoms with van der Waals surface area (Å²) in [4.78, 5) is 15.9. The van der Waals surface area contributed by atoms with Gasteiger partial charge in [-0.15, -0.1) is 11.3 Å². The van der Waals surface area contributed by atoms with E-state index in [2.05, 4.69) is 37.5 Å². The molecule has 21 heavy (non-hydrogen) atoms. The van der Waals surface area contributed by atoms with E-state index in [1.165, 1.54) is 10.4 Å². The Bertz CT molecular complexity index is 453. The maximum Gasteiger partial charge on any atom is 0.225 e. The fraction of sp³-hybridized carbons (Fsp3) is 0.688. The molecule has 2 rings (SSSR count). The fourth-order valence-electron chi connectivity index (χ4n) is 2.51. The first-order chi connectivity index (χ1) is 10.1. The van der Waals surface area contributed by atoms with Crippen LogP contribution in [0, 0.1) is 12.8 Å². The van der Waals surface area contributed by atoms with E-state index >= 15 is 0 Å². The lowest BCUT2D eigenvalue weighted by Gasteiger charge is -2.28. The molecule has 0 aliphatic carbocycles. The second kappa shape index (κ2) is 7.92. The van der Waals surface area contributed by atoms with Crippen molar-refractivity contribution >= 4 is 17.2 Å². The molecule has 0 unspecified atom stereocenters. The van der Waals surface area contributed by atoms with Crippen molar-refractivity contribution in [3.63, 3.8) is 0 Å². The van der Waals surface area contributed by atoms with E-state index in [0.29, 0.717) is 18.9 Å². The monoisotopic (exact) mass is 310 g/mol. The van der Waals surface area contributed by atoms with Crippen molar-refractivity contribution in [3.8, 4) is 0 Å². The molecule has 5 heteroatoms. The summed E-state index contributed by atoms with van der Waals surface area (Å²) in [7, 11) is 0. The molecular weight excluding hydrogens is 284 g/mol. The van der Waals surface area contributed by atoms with Crippen molar-refractivity contribution < 1.29 is 9.53 Å². The number of morpholine rings is 1. The molecule has 0 aromatic carbocycles. The summed E-state index contributed by atoms with van der Waals surface area (Å²) in [5, 5.41) is 5.38. The highest BCUT2D eigenvalue weighted by molar-refractivity contribution is 7.10. The third-order valence-electron chi connectivity index (χ3n) is 3.65. The highest BCUT2D eigenvalue weighted by atomic mass is 32.1. The zero-order valence-corrected chi connectivity index (χ0v) is 14.0. The van der Waals surface area contributed by atoms with Crippen LogP contribution < -0.4 is 5.32 Å². The van der Waals surface area contributed by atoms with E-state index in [1.54, 1.807) is 11.3 Å². The molecule has 1 atom stereocenters. The number of thiophene rings is 1. The molecule has 4 nitrogen and oxygen atoms in total. The Hall–Kier alpha value is -0.910. The Balaban J connectivity index is 1.97. The lowest BCUT2D eigenvalue weighted by atomic mass is 10.1. The second-order valence-corrected chi connectivity index (χ2v) is 7.10. The molecule has 0 saturated carbocycles. The van der Waals surface area contributed by atoms with Crippen molar-refractivity contribution in [1.82, 2.24) is 10.2 Å². The number of carbonyl (C=O) groups is 1. The maximum atomic E-state index is 12.6. The zero-order valence-electron chi connectivity index (χ0n) is 13.2. The molecule has 1 aromatic rings. The van der Waals surface area contributed by atoms with Gasteiger partial charge in [-0.25, -0.2) is 0 Å². The third kappa shape index (κ3) is 5.09. The van der Waals surface area contributed by atoms with Gasteiger partial charge in [0.1, 0.15) is 0 Å². The van der Waals surface area contributed by atoms with Crippen molar-refractivity contribution in [1.29, 1.82) is 0 Å². The number of nitrogens with zero attached hydrogens (tertiary/aromatic N) is 1. The molecule has 2 heterocycles. The summed E-state index contributed by atoms with van der Waals surface area (Å²) in [6, 6.07) is 2.12. The molecule has 1 fully saturated rings. The zero-order chi connectivity index (χ0) is 15.2. The van der Waals surface area contributed by atoms with Crippen LogP contribution in [-0.2, 0) is 16.1 Å². The Morgan fingerprint density at radius 2 is 2.38 bits per heavy atom. The first-order valence-corrected chi connectivity index (χ1v) is 8.57. The van der Waals surface area contributed by atoms with Crippen LogP contribution in [0.15, 0.2) is 11.4 Å². The van der Waals surface area contributed by atoms with Crippen LogP contribution in [0.3, 0.4) is 0 Å². The Morgan fingerprint density at radius 3 is 2.95 bits per heavy atom. The molecule has 0 spiro atoms. The summed E-state index contributed by atoms with van der Waals surface area (Å²) in [6.07, 6.45) is 0.495. The lowest BCUT2D eigenvalue weighted by Crippen LogP contribution is -2.43. The van der Waals surface area contributed by atoms with Gasteiger partial charge in [-0.3, -0.25) is 4.79 Å². The van der Waals surface area contributed by atoms with Gasteiger partial charge in [-0.05, 0) is 29.9 Å². The summed E-state index contributed by atoms with van der Waals surface area (Å²) in [5.41, 5.74) is 1.28. The summed E-state index contributed by atoms with van der Waals surface area (Å²) in [6.45, 7) is 10.3. The lowest BCUT2D eigenvalue weighted by molar-refractivity contribution is -0.135. The minimum atomic E-state index is 0.0188. The van der Waals surface area contributed by atoms with E-state index in [-0.39, 0.29) is 12.0 Å². The van der Waals surface area contributed by atoms with Gasteiger partial charge in [0.05, 0.1) is 25.7 Å². The van der Waals surface area contributed by atoms with Crippen LogP contribution >= 0.6 is 11.3 Å². The van der Waals surface area contributed by atoms with Crippen LogP contribution in [0.25, 0.3) is 0 Å². The van der Waals surface area contributed by atoms with Gasteiger partial charge in [-0.1, -0.05) is 13.8 Å². The molecule has 1 aliphatic rings. The molecule has 1 amide bonds. The number of hydrogen-bond acceptors (Lipinski definition) is 4. The van der Waals surface area contributed by atoms with E-state index in [0.717, 1.165) is 26.2 Å². The molecule has 1 saturated heterocycles. The summed E-state index contributed by atoms with van der Waals surface area (Å²) < 4.78 is 5.66. The smallest absolute Gasteiger partial charge is 0.225 e. The van der Waals surface area contributed by atoms with Crippen LogP contribution in [-0.4, -0.2) is 43.2 Å². The standard InChI is InChI=1S/C16H26N2O2S/c1-12(2)10-18(11-15-13(3)4-7-21-15)16(19)8-14-9-17-5-6-20-14/h4,7,12,14,17H,5-6,8-11H2,1-3H3/t14-/m1/s1. The average Bonchev–Trinajstić information content (AvgIpc) is 2.84. The van der Waals surface area contributed by atoms with Crippen LogP contribution in [0.4, 0.5) is 0 Å². The van der Waals surface area contributed by atoms with Crippen molar-refractivity contribution in [2.24, 2.45) is 5.92 Å². The number of rotatable bonds is 6. The highest BCUT2D eigenvalue weighted by Gasteiger charge is 2.22. The maximum absolute atomic E-state index is 12.6. The second-order valence-electron chi connectivity index (χ2n) is 6.10. The topological polar surface area (TPSA) is 41.6 Å². The number of aryl methyl sites for hydroxylation is 1. The Kier molecular flexibility index (Phi) is 6.21. The van der Waals surface area contributed by atoms with Gasteiger partial charge in [0, 0.05) is 24.5 Å². The van der Waals surface area contributed by atoms with Gasteiger partial charge in [0.15, 0.2) is 0 Å². The van der Waals surface area contributed by atoms with Gasteiger partial charge in [0.2, 0.25) is 5.91 Å². The predicted molar refractivity (Wildman–Crippen MR) is 86.5 cm³/mol. The number of amides is 1. The molecule has 0 bridgehead atoms. The molecule has 0 radical (unpaired) electrons. The van der Waals surface area contributed by atoms with E-state index in [9.17, 15) is 4.79 Å². The van der Waals surface area contributed by atoms with Gasteiger partial charge in [-0.2, -0.15) is 0 Å². The minimum Gasteiger partial charge on any atom is -0.375 e. The Morgan fingerprint density at radius 1 is 1.57 bits per heavy atom.